The number of hydrogen-bond donors (Lipinski definition) is 1. The molecule has 1 aromatic rings. The molecule has 22 heavy (non-hydrogen) atoms. The SMILES string of the molecule is CC[C@H](C)[C@H](NC(=O)c1cc2c(s1)CCCCC2)C(=O)OC. The minimum absolute atomic E-state index is 0.0502. The topological polar surface area (TPSA) is 55.4 Å². The second-order valence-electron chi connectivity index (χ2n) is 5.98. The van der Waals surface area contributed by atoms with Crippen molar-refractivity contribution in [1.29, 1.82) is 0 Å². The lowest BCUT2D eigenvalue weighted by Crippen LogP contribution is -2.45. The maximum absolute atomic E-state index is 12.5. The lowest BCUT2D eigenvalue weighted by Gasteiger charge is -2.21. The molecule has 2 rings (SSSR count). The molecule has 0 spiro atoms. The van der Waals surface area contributed by atoms with Gasteiger partial charge in [0.25, 0.3) is 5.91 Å². The summed E-state index contributed by atoms with van der Waals surface area (Å²) in [4.78, 5) is 26.4. The number of methoxy groups -OCH3 is 1. The number of rotatable bonds is 5. The Morgan fingerprint density at radius 1 is 1.32 bits per heavy atom. The van der Waals surface area contributed by atoms with E-state index in [9.17, 15) is 9.59 Å². The molecule has 1 amide bonds. The van der Waals surface area contributed by atoms with Crippen molar-refractivity contribution in [3.05, 3.63) is 21.4 Å². The van der Waals surface area contributed by atoms with Crippen LogP contribution in [0, 0.1) is 5.92 Å². The second-order valence-corrected chi connectivity index (χ2v) is 7.12. The summed E-state index contributed by atoms with van der Waals surface area (Å²) in [6, 6.07) is 1.43. The molecule has 1 aliphatic carbocycles. The molecular formula is C17H25NO3S. The van der Waals surface area contributed by atoms with Crippen LogP contribution in [0.4, 0.5) is 0 Å². The van der Waals surface area contributed by atoms with E-state index in [-0.39, 0.29) is 17.8 Å². The van der Waals surface area contributed by atoms with Crippen LogP contribution in [0.15, 0.2) is 6.07 Å². The van der Waals surface area contributed by atoms with Gasteiger partial charge in [-0.15, -0.1) is 11.3 Å². The number of thiophene rings is 1. The minimum atomic E-state index is -0.579. The largest absolute Gasteiger partial charge is 0.467 e. The van der Waals surface area contributed by atoms with Crippen LogP contribution >= 0.6 is 11.3 Å². The molecule has 1 heterocycles. The zero-order chi connectivity index (χ0) is 16.1. The molecule has 0 aliphatic heterocycles. The normalized spacial score (nSPS) is 17.0. The van der Waals surface area contributed by atoms with E-state index in [1.807, 2.05) is 19.9 Å². The monoisotopic (exact) mass is 323 g/mol. The maximum atomic E-state index is 12.5. The highest BCUT2D eigenvalue weighted by Crippen LogP contribution is 2.29. The number of carbonyl (C=O) groups is 2. The van der Waals surface area contributed by atoms with E-state index in [0.717, 1.165) is 19.3 Å². The van der Waals surface area contributed by atoms with Crippen LogP contribution in [0.5, 0.6) is 0 Å². The number of esters is 1. The van der Waals surface area contributed by atoms with Crippen molar-refractivity contribution in [2.75, 3.05) is 7.11 Å². The van der Waals surface area contributed by atoms with Crippen LogP contribution in [0.1, 0.15) is 59.6 Å². The smallest absolute Gasteiger partial charge is 0.328 e. The number of hydrogen-bond acceptors (Lipinski definition) is 4. The summed E-state index contributed by atoms with van der Waals surface area (Å²) in [5.74, 6) is -0.483. The number of carbonyl (C=O) groups excluding carboxylic acids is 2. The van der Waals surface area contributed by atoms with Crippen molar-refractivity contribution in [3.63, 3.8) is 0 Å². The third-order valence-corrected chi connectivity index (χ3v) is 5.66. The van der Waals surface area contributed by atoms with Crippen molar-refractivity contribution >= 4 is 23.2 Å². The second kappa shape index (κ2) is 7.77. The van der Waals surface area contributed by atoms with Crippen molar-refractivity contribution in [3.8, 4) is 0 Å². The van der Waals surface area contributed by atoms with Crippen LogP contribution in [-0.4, -0.2) is 25.0 Å². The van der Waals surface area contributed by atoms with Gasteiger partial charge in [0.1, 0.15) is 6.04 Å². The molecule has 4 nitrogen and oxygen atoms in total. The molecule has 1 aromatic heterocycles. The number of fused-ring (bicyclic) bond motifs is 1. The van der Waals surface area contributed by atoms with Gasteiger partial charge in [0, 0.05) is 4.88 Å². The van der Waals surface area contributed by atoms with Crippen LogP contribution < -0.4 is 5.32 Å². The van der Waals surface area contributed by atoms with Crippen molar-refractivity contribution in [2.24, 2.45) is 5.92 Å². The van der Waals surface area contributed by atoms with Gasteiger partial charge < -0.3 is 10.1 Å². The van der Waals surface area contributed by atoms with E-state index in [2.05, 4.69) is 5.32 Å². The van der Waals surface area contributed by atoms with Crippen molar-refractivity contribution < 1.29 is 14.3 Å². The van der Waals surface area contributed by atoms with Gasteiger partial charge in [0.2, 0.25) is 0 Å². The Labute approximate surface area is 136 Å². The fraction of sp³-hybridized carbons (Fsp3) is 0.647. The summed E-state index contributed by atoms with van der Waals surface area (Å²) in [5, 5.41) is 2.86. The Kier molecular flexibility index (Phi) is 6.00. The van der Waals surface area contributed by atoms with Gasteiger partial charge in [-0.05, 0) is 43.2 Å². The fourth-order valence-electron chi connectivity index (χ4n) is 2.79. The van der Waals surface area contributed by atoms with Gasteiger partial charge in [0.05, 0.1) is 12.0 Å². The molecular weight excluding hydrogens is 298 g/mol. The standard InChI is InChI=1S/C17H25NO3S/c1-4-11(2)15(17(20)21-3)18-16(19)14-10-12-8-6-5-7-9-13(12)22-14/h10-11,15H,4-9H2,1-3H3,(H,18,19)/t11-,15-/m0/s1. The van der Waals surface area contributed by atoms with Gasteiger partial charge in [-0.1, -0.05) is 26.7 Å². The minimum Gasteiger partial charge on any atom is -0.467 e. The van der Waals surface area contributed by atoms with Crippen LogP contribution in [0.25, 0.3) is 0 Å². The van der Waals surface area contributed by atoms with Crippen molar-refractivity contribution in [2.45, 2.75) is 58.4 Å². The molecule has 0 fully saturated rings. The molecule has 1 N–H and O–H groups in total. The van der Waals surface area contributed by atoms with E-state index in [4.69, 9.17) is 4.74 Å². The first-order valence-electron chi connectivity index (χ1n) is 8.07. The predicted octanol–water partition coefficient (Wildman–Crippen LogP) is 3.33. The van der Waals surface area contributed by atoms with E-state index in [1.54, 1.807) is 11.3 Å². The lowest BCUT2D eigenvalue weighted by atomic mass is 9.99. The van der Waals surface area contributed by atoms with Gasteiger partial charge in [0.15, 0.2) is 0 Å². The van der Waals surface area contributed by atoms with Crippen molar-refractivity contribution in [1.82, 2.24) is 5.32 Å². The average Bonchev–Trinajstić information content (AvgIpc) is 2.82. The highest BCUT2D eigenvalue weighted by molar-refractivity contribution is 7.14. The number of ether oxygens (including phenoxy) is 1. The molecule has 0 saturated carbocycles. The zero-order valence-electron chi connectivity index (χ0n) is 13.6. The Morgan fingerprint density at radius 2 is 2.05 bits per heavy atom. The Morgan fingerprint density at radius 3 is 2.73 bits per heavy atom. The molecule has 0 radical (unpaired) electrons. The van der Waals surface area contributed by atoms with E-state index in [0.29, 0.717) is 4.88 Å². The third-order valence-electron chi connectivity index (χ3n) is 4.43. The van der Waals surface area contributed by atoms with Crippen LogP contribution in [-0.2, 0) is 22.4 Å². The molecule has 0 bridgehead atoms. The predicted molar refractivity (Wildman–Crippen MR) is 88.3 cm³/mol. The first kappa shape index (κ1) is 17.0. The Balaban J connectivity index is 2.11. The number of nitrogens with one attached hydrogen (secondary N) is 1. The quantitative estimate of drug-likeness (QED) is 0.668. The summed E-state index contributed by atoms with van der Waals surface area (Å²) >= 11 is 1.57. The summed E-state index contributed by atoms with van der Waals surface area (Å²) in [6.45, 7) is 3.95. The van der Waals surface area contributed by atoms with Gasteiger partial charge in [-0.2, -0.15) is 0 Å². The molecule has 0 unspecified atom stereocenters. The molecule has 0 saturated heterocycles. The first-order chi connectivity index (χ1) is 10.6. The first-order valence-corrected chi connectivity index (χ1v) is 8.88. The van der Waals surface area contributed by atoms with Gasteiger partial charge >= 0.3 is 5.97 Å². The summed E-state index contributed by atoms with van der Waals surface area (Å²) in [7, 11) is 1.36. The van der Waals surface area contributed by atoms with E-state index in [1.165, 1.54) is 36.8 Å². The van der Waals surface area contributed by atoms with E-state index >= 15 is 0 Å². The molecule has 1 aliphatic rings. The highest BCUT2D eigenvalue weighted by atomic mass is 32.1. The highest BCUT2D eigenvalue weighted by Gasteiger charge is 2.28. The Bertz CT molecular complexity index is 515. The van der Waals surface area contributed by atoms with Crippen LogP contribution in [0.3, 0.4) is 0 Å². The number of aryl methyl sites for hydroxylation is 2. The summed E-state index contributed by atoms with van der Waals surface area (Å²) < 4.78 is 4.82. The third kappa shape index (κ3) is 3.88. The van der Waals surface area contributed by atoms with E-state index < -0.39 is 6.04 Å². The number of amides is 1. The maximum Gasteiger partial charge on any atom is 0.328 e. The molecule has 122 valence electrons. The fourth-order valence-corrected chi connectivity index (χ4v) is 3.94. The summed E-state index contributed by atoms with van der Waals surface area (Å²) in [5.41, 5.74) is 1.31. The van der Waals surface area contributed by atoms with Gasteiger partial charge in [-0.25, -0.2) is 4.79 Å². The Hall–Kier alpha value is -1.36. The molecule has 2 atom stereocenters. The summed E-state index contributed by atoms with van der Waals surface area (Å²) in [6.07, 6.45) is 6.60. The molecule has 5 heteroatoms. The molecule has 0 aromatic carbocycles. The average molecular weight is 323 g/mol. The zero-order valence-corrected chi connectivity index (χ0v) is 14.4. The van der Waals surface area contributed by atoms with Crippen LogP contribution in [0.2, 0.25) is 0 Å². The lowest BCUT2D eigenvalue weighted by molar-refractivity contribution is -0.144. The van der Waals surface area contributed by atoms with Gasteiger partial charge in [-0.3, -0.25) is 4.79 Å².